The molecular weight excluding hydrogens is 380 g/mol. The molecule has 2 heterocycles. The number of benzene rings is 1. The highest BCUT2D eigenvalue weighted by Crippen LogP contribution is 2.36. The van der Waals surface area contributed by atoms with Crippen molar-refractivity contribution in [3.63, 3.8) is 0 Å². The summed E-state index contributed by atoms with van der Waals surface area (Å²) in [4.78, 5) is 30.5. The van der Waals surface area contributed by atoms with Crippen LogP contribution >= 0.6 is 11.3 Å². The number of hydrogen-bond acceptors (Lipinski definition) is 7. The second kappa shape index (κ2) is 8.43. The largest absolute Gasteiger partial charge is 0.493 e. The zero-order valence-corrected chi connectivity index (χ0v) is 17.0. The van der Waals surface area contributed by atoms with Crippen molar-refractivity contribution in [2.45, 2.75) is 26.3 Å². The number of esters is 1. The molecule has 0 radical (unpaired) electrons. The Balaban J connectivity index is 2.16. The van der Waals surface area contributed by atoms with Crippen molar-refractivity contribution in [3.8, 4) is 22.6 Å². The number of thiophene rings is 1. The van der Waals surface area contributed by atoms with E-state index in [-0.39, 0.29) is 12.2 Å². The van der Waals surface area contributed by atoms with Crippen LogP contribution in [0, 0.1) is 0 Å². The quantitative estimate of drug-likeness (QED) is 0.561. The number of ether oxygens (including phenoxy) is 3. The molecule has 0 N–H and O–H groups in total. The Labute approximate surface area is 166 Å². The predicted octanol–water partition coefficient (Wildman–Crippen LogP) is 3.66. The van der Waals surface area contributed by atoms with Crippen LogP contribution in [-0.4, -0.2) is 36.3 Å². The van der Waals surface area contributed by atoms with Crippen molar-refractivity contribution < 1.29 is 19.0 Å². The van der Waals surface area contributed by atoms with Crippen LogP contribution < -0.4 is 15.0 Å². The lowest BCUT2D eigenvalue weighted by atomic mass is 10.1. The molecule has 7 nitrogen and oxygen atoms in total. The van der Waals surface area contributed by atoms with E-state index in [4.69, 9.17) is 14.2 Å². The number of methoxy groups -OCH3 is 2. The highest BCUT2D eigenvalue weighted by Gasteiger charge is 2.23. The van der Waals surface area contributed by atoms with Crippen LogP contribution in [0.1, 0.15) is 26.3 Å². The number of nitrogens with zero attached hydrogens (tertiary/aromatic N) is 2. The molecule has 2 aromatic heterocycles. The SMILES string of the molecule is CCOC(=O)C(CC)n1cnc2scc(-c3ccc(OC)c(OC)c3)c2c1=O. The Bertz CT molecular complexity index is 1060. The molecule has 0 aliphatic carbocycles. The van der Waals surface area contributed by atoms with Gasteiger partial charge in [-0.05, 0) is 31.0 Å². The first kappa shape index (κ1) is 19.9. The Morgan fingerprint density at radius 1 is 1.21 bits per heavy atom. The van der Waals surface area contributed by atoms with Crippen LogP contribution in [0.3, 0.4) is 0 Å². The normalized spacial score (nSPS) is 12.0. The summed E-state index contributed by atoms with van der Waals surface area (Å²) in [5.41, 5.74) is 1.28. The Hall–Kier alpha value is -2.87. The first-order valence-corrected chi connectivity index (χ1v) is 9.80. The van der Waals surface area contributed by atoms with Crippen molar-refractivity contribution in [3.05, 3.63) is 40.3 Å². The van der Waals surface area contributed by atoms with E-state index >= 15 is 0 Å². The first-order chi connectivity index (χ1) is 13.5. The van der Waals surface area contributed by atoms with Gasteiger partial charge in [0.1, 0.15) is 10.9 Å². The minimum atomic E-state index is -0.706. The van der Waals surface area contributed by atoms with Gasteiger partial charge in [0.15, 0.2) is 11.5 Å². The predicted molar refractivity (Wildman–Crippen MR) is 108 cm³/mol. The molecule has 3 aromatic rings. The molecule has 0 aliphatic heterocycles. The van der Waals surface area contributed by atoms with Crippen molar-refractivity contribution in [2.75, 3.05) is 20.8 Å². The molecule has 148 valence electrons. The van der Waals surface area contributed by atoms with E-state index in [1.807, 2.05) is 24.4 Å². The van der Waals surface area contributed by atoms with E-state index in [2.05, 4.69) is 4.98 Å². The summed E-state index contributed by atoms with van der Waals surface area (Å²) in [6.07, 6.45) is 1.85. The summed E-state index contributed by atoms with van der Waals surface area (Å²) in [7, 11) is 3.13. The maximum Gasteiger partial charge on any atom is 0.329 e. The van der Waals surface area contributed by atoms with Gasteiger partial charge in [-0.2, -0.15) is 0 Å². The summed E-state index contributed by atoms with van der Waals surface area (Å²) in [5, 5.41) is 2.36. The number of aromatic nitrogens is 2. The fourth-order valence-electron chi connectivity index (χ4n) is 3.10. The second-order valence-corrected chi connectivity index (χ2v) is 6.89. The highest BCUT2D eigenvalue weighted by molar-refractivity contribution is 7.17. The van der Waals surface area contributed by atoms with E-state index in [1.54, 1.807) is 27.2 Å². The van der Waals surface area contributed by atoms with Crippen molar-refractivity contribution in [2.24, 2.45) is 0 Å². The molecule has 0 aliphatic rings. The molecule has 3 rings (SSSR count). The molecule has 28 heavy (non-hydrogen) atoms. The molecule has 0 fully saturated rings. The van der Waals surface area contributed by atoms with Gasteiger partial charge in [0.25, 0.3) is 5.56 Å². The Kier molecular flexibility index (Phi) is 5.99. The van der Waals surface area contributed by atoms with Crippen LogP contribution in [0.4, 0.5) is 0 Å². The summed E-state index contributed by atoms with van der Waals surface area (Å²) in [5.74, 6) is 0.743. The minimum Gasteiger partial charge on any atom is -0.493 e. The topological polar surface area (TPSA) is 79.7 Å². The maximum absolute atomic E-state index is 13.2. The fraction of sp³-hybridized carbons (Fsp3) is 0.350. The average molecular weight is 402 g/mol. The average Bonchev–Trinajstić information content (AvgIpc) is 3.15. The molecule has 0 bridgehead atoms. The molecule has 0 amide bonds. The molecule has 0 saturated carbocycles. The lowest BCUT2D eigenvalue weighted by Crippen LogP contribution is -2.31. The highest BCUT2D eigenvalue weighted by atomic mass is 32.1. The summed E-state index contributed by atoms with van der Waals surface area (Å²) >= 11 is 1.38. The number of rotatable bonds is 7. The van der Waals surface area contributed by atoms with E-state index < -0.39 is 12.0 Å². The third kappa shape index (κ3) is 3.47. The number of fused-ring (bicyclic) bond motifs is 1. The van der Waals surface area contributed by atoms with Gasteiger partial charge in [0, 0.05) is 10.9 Å². The smallest absolute Gasteiger partial charge is 0.329 e. The van der Waals surface area contributed by atoms with E-state index in [1.165, 1.54) is 22.2 Å². The maximum atomic E-state index is 13.2. The van der Waals surface area contributed by atoms with Crippen LogP contribution in [0.25, 0.3) is 21.3 Å². The minimum absolute atomic E-state index is 0.259. The molecule has 0 saturated heterocycles. The van der Waals surface area contributed by atoms with Crippen LogP contribution in [-0.2, 0) is 9.53 Å². The van der Waals surface area contributed by atoms with Crippen molar-refractivity contribution in [1.29, 1.82) is 0 Å². The van der Waals surface area contributed by atoms with Crippen LogP contribution in [0.2, 0.25) is 0 Å². The summed E-state index contributed by atoms with van der Waals surface area (Å²) in [6.45, 7) is 3.83. The molecule has 1 unspecified atom stereocenters. The number of carbonyl (C=O) groups is 1. The fourth-order valence-corrected chi connectivity index (χ4v) is 4.01. The van der Waals surface area contributed by atoms with Crippen LogP contribution in [0.15, 0.2) is 34.7 Å². The van der Waals surface area contributed by atoms with Crippen LogP contribution in [0.5, 0.6) is 11.5 Å². The first-order valence-electron chi connectivity index (χ1n) is 8.93. The summed E-state index contributed by atoms with van der Waals surface area (Å²) in [6, 6.07) is 4.77. The third-order valence-electron chi connectivity index (χ3n) is 4.50. The lowest BCUT2D eigenvalue weighted by molar-refractivity contribution is -0.147. The van der Waals surface area contributed by atoms with Crippen molar-refractivity contribution in [1.82, 2.24) is 9.55 Å². The van der Waals surface area contributed by atoms with E-state index in [9.17, 15) is 9.59 Å². The zero-order valence-electron chi connectivity index (χ0n) is 16.2. The number of carbonyl (C=O) groups excluding carboxylic acids is 1. The van der Waals surface area contributed by atoms with Crippen molar-refractivity contribution >= 4 is 27.5 Å². The summed E-state index contributed by atoms with van der Waals surface area (Å²) < 4.78 is 17.1. The van der Waals surface area contributed by atoms with Gasteiger partial charge < -0.3 is 14.2 Å². The monoisotopic (exact) mass is 402 g/mol. The standard InChI is InChI=1S/C20H22N2O5S/c1-5-14(20(24)27-6-2)22-11-21-18-17(19(22)23)13(10-28-18)12-7-8-15(25-3)16(9-12)26-4/h7-11,14H,5-6H2,1-4H3. The van der Waals surface area contributed by atoms with Gasteiger partial charge in [-0.1, -0.05) is 13.0 Å². The molecule has 1 atom stereocenters. The van der Waals surface area contributed by atoms with Gasteiger partial charge in [-0.25, -0.2) is 9.78 Å². The number of hydrogen-bond donors (Lipinski definition) is 0. The zero-order chi connectivity index (χ0) is 20.3. The van der Waals surface area contributed by atoms with Gasteiger partial charge in [-0.15, -0.1) is 11.3 Å². The van der Waals surface area contributed by atoms with Gasteiger partial charge in [0.05, 0.1) is 32.5 Å². The van der Waals surface area contributed by atoms with E-state index in [0.717, 1.165) is 11.1 Å². The Morgan fingerprint density at radius 2 is 1.96 bits per heavy atom. The Morgan fingerprint density at radius 3 is 2.61 bits per heavy atom. The molecular formula is C20H22N2O5S. The second-order valence-electron chi connectivity index (χ2n) is 6.03. The van der Waals surface area contributed by atoms with Gasteiger partial charge in [0.2, 0.25) is 0 Å². The molecule has 0 spiro atoms. The molecule has 1 aromatic carbocycles. The lowest BCUT2D eigenvalue weighted by Gasteiger charge is -2.16. The van der Waals surface area contributed by atoms with Gasteiger partial charge >= 0.3 is 5.97 Å². The molecule has 8 heteroatoms. The van der Waals surface area contributed by atoms with E-state index in [0.29, 0.717) is 28.1 Å². The van der Waals surface area contributed by atoms with Gasteiger partial charge in [-0.3, -0.25) is 9.36 Å². The third-order valence-corrected chi connectivity index (χ3v) is 5.38.